The zero-order valence-electron chi connectivity index (χ0n) is 59.3. The fourth-order valence-corrected chi connectivity index (χ4v) is 9.98. The summed E-state index contributed by atoms with van der Waals surface area (Å²) >= 11 is 0. The quantitative estimate of drug-likeness (QED) is 0.0146. The van der Waals surface area contributed by atoms with Gasteiger partial charge in [-0.2, -0.15) is 0 Å². The number of aldehydes is 1. The summed E-state index contributed by atoms with van der Waals surface area (Å²) in [5, 5.41) is 0. The van der Waals surface area contributed by atoms with Gasteiger partial charge in [-0.15, -0.1) is 6.58 Å². The second-order valence-corrected chi connectivity index (χ2v) is 23.6. The zero-order valence-corrected chi connectivity index (χ0v) is 59.3. The van der Waals surface area contributed by atoms with Crippen LogP contribution in [0, 0.1) is 5.92 Å². The molecule has 2 rings (SSSR count). The molecule has 1 aliphatic carbocycles. The molecule has 1 saturated carbocycles. The van der Waals surface area contributed by atoms with Crippen LogP contribution < -0.4 is 0 Å². The van der Waals surface area contributed by atoms with Crippen molar-refractivity contribution in [1.29, 1.82) is 0 Å². The number of hydrogen-bond acceptors (Lipinski definition) is 9. The first-order chi connectivity index (χ1) is 41.7. The van der Waals surface area contributed by atoms with Crippen LogP contribution in [0.5, 0.6) is 0 Å². The van der Waals surface area contributed by atoms with E-state index in [2.05, 4.69) is 54.7 Å². The van der Waals surface area contributed by atoms with Gasteiger partial charge < -0.3 is 24.0 Å². The summed E-state index contributed by atoms with van der Waals surface area (Å²) in [7, 11) is 1.77. The molecule has 1 aliphatic heterocycles. The number of ether oxygens (including phenoxy) is 2. The molecule has 0 unspecified atom stereocenters. The van der Waals surface area contributed by atoms with Gasteiger partial charge in [0.1, 0.15) is 23.6 Å². The maximum absolute atomic E-state index is 11.5. The molecule has 2 aliphatic rings. The van der Waals surface area contributed by atoms with Crippen LogP contribution in [0.15, 0.2) is 49.3 Å². The highest BCUT2D eigenvalue weighted by Gasteiger charge is 2.38. The number of rotatable bonds is 47. The van der Waals surface area contributed by atoms with Crippen molar-refractivity contribution in [3.8, 4) is 0 Å². The topological polar surface area (TPSA) is 127 Å². The third-order valence-electron chi connectivity index (χ3n) is 15.5. The van der Waals surface area contributed by atoms with E-state index in [1.165, 1.54) is 192 Å². The normalized spacial score (nSPS) is 14.4. The van der Waals surface area contributed by atoms with Gasteiger partial charge in [-0.05, 0) is 95.8 Å². The van der Waals surface area contributed by atoms with E-state index in [1.807, 2.05) is 57.7 Å². The lowest BCUT2D eigenvalue weighted by Crippen LogP contribution is -2.57. The largest absolute Gasteiger partial charge is 0.497 e. The molecule has 1 heterocycles. The summed E-state index contributed by atoms with van der Waals surface area (Å²) in [6, 6.07) is 0.937. The third-order valence-corrected chi connectivity index (χ3v) is 15.5. The molecule has 10 nitrogen and oxygen atoms in total. The first-order valence-electron chi connectivity index (χ1n) is 35.9. The van der Waals surface area contributed by atoms with Gasteiger partial charge in [0.15, 0.2) is 11.6 Å². The Morgan fingerprint density at radius 3 is 1.52 bits per heavy atom. The zero-order chi connectivity index (χ0) is 65.5. The van der Waals surface area contributed by atoms with Crippen molar-refractivity contribution >= 4 is 35.3 Å². The van der Waals surface area contributed by atoms with Crippen molar-refractivity contribution in [2.24, 2.45) is 5.92 Å². The number of Topliss-reactive ketones (excluding diaryl/α,β-unsaturated/α-hetero) is 2. The summed E-state index contributed by atoms with van der Waals surface area (Å²) in [6.45, 7) is 34.5. The fraction of sp³-hybridized carbons (Fsp3) is 0.816. The van der Waals surface area contributed by atoms with E-state index in [0.717, 1.165) is 75.9 Å². The van der Waals surface area contributed by atoms with Crippen LogP contribution in [0.25, 0.3) is 0 Å². The predicted molar refractivity (Wildman–Crippen MR) is 373 cm³/mol. The minimum absolute atomic E-state index is 0.0896. The van der Waals surface area contributed by atoms with E-state index in [9.17, 15) is 28.8 Å². The molecule has 2 fully saturated rings. The average Bonchev–Trinajstić information content (AvgIpc) is 1.61. The van der Waals surface area contributed by atoms with Gasteiger partial charge in [-0.25, -0.2) is 0 Å². The Hall–Kier alpha value is -3.50. The number of ketones is 4. The van der Waals surface area contributed by atoms with Gasteiger partial charge in [0.25, 0.3) is 0 Å². The van der Waals surface area contributed by atoms with E-state index in [0.29, 0.717) is 62.6 Å². The number of hydrogen-bond donors (Lipinski definition) is 0. The van der Waals surface area contributed by atoms with Crippen LogP contribution in [0.2, 0.25) is 0 Å². The van der Waals surface area contributed by atoms with E-state index in [4.69, 9.17) is 9.47 Å². The van der Waals surface area contributed by atoms with Gasteiger partial charge in [0, 0.05) is 57.9 Å². The van der Waals surface area contributed by atoms with E-state index in [1.54, 1.807) is 25.0 Å². The fourth-order valence-electron chi connectivity index (χ4n) is 9.98. The minimum atomic E-state index is -0.0896. The molecule has 506 valence electrons. The number of carbonyl (C=O) groups excluding carboxylic acids is 6. The van der Waals surface area contributed by atoms with Gasteiger partial charge in [0.2, 0.25) is 5.91 Å². The molecular weight excluding hydrogens is 1070 g/mol. The maximum Gasteiger partial charge on any atom is 0.222 e. The second kappa shape index (κ2) is 75.7. The Labute approximate surface area is 534 Å². The molecule has 0 spiro atoms. The molecule has 2 atom stereocenters. The van der Waals surface area contributed by atoms with E-state index < -0.39 is 0 Å². The summed E-state index contributed by atoms with van der Waals surface area (Å²) in [4.78, 5) is 70.5. The summed E-state index contributed by atoms with van der Waals surface area (Å²) in [5.41, 5.74) is 0. The highest BCUT2D eigenvalue weighted by molar-refractivity contribution is 5.91. The van der Waals surface area contributed by atoms with E-state index >= 15 is 0 Å². The molecular formula is C76H144N2O8. The molecule has 0 aromatic rings. The van der Waals surface area contributed by atoms with Crippen molar-refractivity contribution in [2.75, 3.05) is 40.0 Å². The summed E-state index contributed by atoms with van der Waals surface area (Å²) in [5.74, 6) is 2.79. The summed E-state index contributed by atoms with van der Waals surface area (Å²) in [6.07, 6.45) is 58.8. The number of amides is 1. The Morgan fingerprint density at radius 1 is 0.581 bits per heavy atom. The Morgan fingerprint density at radius 2 is 1.08 bits per heavy atom. The van der Waals surface area contributed by atoms with Gasteiger partial charge in [-0.1, -0.05) is 261 Å². The van der Waals surface area contributed by atoms with Crippen molar-refractivity contribution in [1.82, 2.24) is 9.80 Å². The van der Waals surface area contributed by atoms with Gasteiger partial charge >= 0.3 is 0 Å². The van der Waals surface area contributed by atoms with Crippen molar-refractivity contribution in [3.05, 3.63) is 49.3 Å². The Bertz CT molecular complexity index is 1570. The Balaban J connectivity index is -0.000000311. The number of likely N-dealkylation sites (tertiary alicyclic amines) is 1. The molecule has 86 heavy (non-hydrogen) atoms. The highest BCUT2D eigenvalue weighted by Crippen LogP contribution is 2.31. The number of carbonyl (C=O) groups is 6. The van der Waals surface area contributed by atoms with Gasteiger partial charge in [-0.3, -0.25) is 24.1 Å². The minimum Gasteiger partial charge on any atom is -0.497 e. The smallest absolute Gasteiger partial charge is 0.222 e. The maximum atomic E-state index is 11.5. The molecule has 10 heteroatoms. The van der Waals surface area contributed by atoms with Crippen molar-refractivity contribution < 1.29 is 38.2 Å². The lowest BCUT2D eigenvalue weighted by atomic mass is 9.88. The monoisotopic (exact) mass is 1210 g/mol. The van der Waals surface area contributed by atoms with Crippen LogP contribution in [-0.2, 0) is 38.2 Å². The van der Waals surface area contributed by atoms with E-state index in [-0.39, 0.29) is 30.4 Å². The number of methoxy groups -OCH3 is 1. The number of unbranched alkanes of at least 4 members (excludes halogenated alkanes) is 22. The molecule has 0 aromatic heterocycles. The molecule has 0 N–H and O–H groups in total. The SMILES string of the molecule is C=CC(=O)CN(CC=O)C/C(=C\C)OCCCCCCCC.C=CC[C@H]1C[C@@H](CC)N1C(=O)CC.CC.CC1CCCCCC1.CCCCCCCC/C=C\C(=O)CCCC(C)=O.CCCCCCCCCC(=O)CC.CCCCCCCCOC. The van der Waals surface area contributed by atoms with Crippen molar-refractivity contribution in [3.63, 3.8) is 0 Å². The standard InChI is InChI=1S/C18H31NO3.C16H28O2.C12H24O.C11H19NO.C9H20O.C8H16.C2H6/c1-4-7-8-9-10-11-14-22-18(6-3)16-19(12-13-20)15-17(21)5-2;1-3-4-5-6-7-8-9-10-13-16(18)14-11-12-15(2)17;1-3-5-6-7-8-9-10-11-12(13)4-2;1-4-7-10-8-9(5-2)12(10)11(13)6-3;1-3-4-5-6-7-8-9-10-2;1-8-6-4-2-3-5-7-8;1-2/h5-6,13H,2,4,7-12,14-16H2,1,3H3;10,13H,3-9,11-12,14H2,1-2H3;3-11H2,1-2H3;4,9-10H,1,5-8H2,2-3H3;3-9H2,1-2H3;8H,2-7H2,1H3;1-2H3/b18-6+;13-10-;;;;;/t;;;9-,10+;;;/m...1.../s1. The first-order valence-corrected chi connectivity index (χ1v) is 35.9. The molecule has 1 saturated heterocycles. The number of nitrogens with zero attached hydrogens (tertiary/aromatic N) is 2. The van der Waals surface area contributed by atoms with Crippen molar-refractivity contribution in [2.45, 2.75) is 358 Å². The molecule has 0 bridgehead atoms. The lowest BCUT2D eigenvalue weighted by molar-refractivity contribution is -0.144. The predicted octanol–water partition coefficient (Wildman–Crippen LogP) is 21.6. The molecule has 1 amide bonds. The van der Waals surface area contributed by atoms with Crippen LogP contribution in [0.1, 0.15) is 346 Å². The van der Waals surface area contributed by atoms with Crippen LogP contribution >= 0.6 is 0 Å². The van der Waals surface area contributed by atoms with Crippen LogP contribution in [-0.4, -0.2) is 97.2 Å². The molecule has 0 aromatic carbocycles. The first kappa shape index (κ1) is 91.2. The summed E-state index contributed by atoms with van der Waals surface area (Å²) < 4.78 is 10.7. The third kappa shape index (κ3) is 68.0. The Kier molecular flexibility index (Phi) is 80.4. The molecule has 0 radical (unpaired) electrons. The lowest BCUT2D eigenvalue weighted by Gasteiger charge is -2.48. The van der Waals surface area contributed by atoms with Crippen LogP contribution in [0.3, 0.4) is 0 Å². The van der Waals surface area contributed by atoms with Gasteiger partial charge in [0.05, 0.1) is 26.2 Å². The average molecular weight is 1210 g/mol. The second-order valence-electron chi connectivity index (χ2n) is 23.6. The van der Waals surface area contributed by atoms with Crippen LogP contribution in [0.4, 0.5) is 0 Å². The number of allylic oxidation sites excluding steroid dienone is 3. The highest BCUT2D eigenvalue weighted by atomic mass is 16.5.